The second-order valence-corrected chi connectivity index (χ2v) is 6.49. The minimum Gasteiger partial charge on any atom is -0.388 e. The van der Waals surface area contributed by atoms with E-state index in [0.29, 0.717) is 0 Å². The summed E-state index contributed by atoms with van der Waals surface area (Å²) in [5.41, 5.74) is 4.16. The van der Waals surface area contributed by atoms with Gasteiger partial charge in [-0.15, -0.1) is 0 Å². The normalized spacial score (nSPS) is 21.9. The molecule has 0 radical (unpaired) electrons. The number of rotatable bonds is 3. The van der Waals surface area contributed by atoms with Crippen LogP contribution in [0, 0.1) is 5.92 Å². The Hall–Kier alpha value is -0.820. The van der Waals surface area contributed by atoms with Crippen LogP contribution >= 0.6 is 0 Å². The predicted octanol–water partition coefficient (Wildman–Crippen LogP) is 4.57. The van der Waals surface area contributed by atoms with E-state index in [0.717, 1.165) is 17.9 Å². The van der Waals surface area contributed by atoms with Gasteiger partial charge in [-0.2, -0.15) is 0 Å². The first-order valence-electron chi connectivity index (χ1n) is 8.13. The summed E-state index contributed by atoms with van der Waals surface area (Å²) in [5, 5.41) is 10.5. The van der Waals surface area contributed by atoms with Crippen molar-refractivity contribution in [1.29, 1.82) is 0 Å². The van der Waals surface area contributed by atoms with E-state index >= 15 is 0 Å². The number of fused-ring (bicyclic) bond motifs is 1. The standard InChI is InChI=1S/C18H26O/c19-18(12-14-6-2-1-3-7-14)17-11-10-15-8-4-5-9-16(15)13-17/h10-11,13-14,18-19H,1-9,12H2. The Balaban J connectivity index is 1.67. The summed E-state index contributed by atoms with van der Waals surface area (Å²) in [6.45, 7) is 0. The Morgan fingerprint density at radius 2 is 1.68 bits per heavy atom. The van der Waals surface area contributed by atoms with Crippen molar-refractivity contribution in [3.63, 3.8) is 0 Å². The van der Waals surface area contributed by atoms with Crippen LogP contribution in [0.15, 0.2) is 18.2 Å². The van der Waals surface area contributed by atoms with Gasteiger partial charge in [-0.05, 0) is 54.7 Å². The zero-order valence-corrected chi connectivity index (χ0v) is 11.9. The van der Waals surface area contributed by atoms with E-state index in [4.69, 9.17) is 0 Å². The van der Waals surface area contributed by atoms with Gasteiger partial charge in [-0.25, -0.2) is 0 Å². The minimum atomic E-state index is -0.240. The molecule has 0 aliphatic heterocycles. The summed E-state index contributed by atoms with van der Waals surface area (Å²) in [5.74, 6) is 0.750. The first kappa shape index (κ1) is 13.2. The van der Waals surface area contributed by atoms with Gasteiger partial charge >= 0.3 is 0 Å². The number of benzene rings is 1. The topological polar surface area (TPSA) is 20.2 Å². The van der Waals surface area contributed by atoms with Gasteiger partial charge in [0.1, 0.15) is 0 Å². The lowest BCUT2D eigenvalue weighted by Crippen LogP contribution is -2.12. The SMILES string of the molecule is OC(CC1CCCCC1)c1ccc2c(c1)CCCC2. The summed E-state index contributed by atoms with van der Waals surface area (Å²) in [6.07, 6.45) is 12.6. The molecule has 1 fully saturated rings. The van der Waals surface area contributed by atoms with Crippen molar-refractivity contribution in [2.45, 2.75) is 70.3 Å². The van der Waals surface area contributed by atoms with Crippen LogP contribution in [0.5, 0.6) is 0 Å². The van der Waals surface area contributed by atoms with Crippen LogP contribution in [-0.4, -0.2) is 5.11 Å². The van der Waals surface area contributed by atoms with Gasteiger partial charge in [-0.3, -0.25) is 0 Å². The average Bonchev–Trinajstić information content (AvgIpc) is 2.48. The molecule has 0 heterocycles. The summed E-state index contributed by atoms with van der Waals surface area (Å²) >= 11 is 0. The van der Waals surface area contributed by atoms with Gasteiger partial charge in [0.05, 0.1) is 6.10 Å². The molecule has 0 bridgehead atoms. The maximum atomic E-state index is 10.5. The molecule has 0 saturated heterocycles. The van der Waals surface area contributed by atoms with Crippen molar-refractivity contribution in [3.05, 3.63) is 34.9 Å². The molecule has 1 nitrogen and oxygen atoms in total. The van der Waals surface area contributed by atoms with Crippen molar-refractivity contribution in [3.8, 4) is 0 Å². The van der Waals surface area contributed by atoms with E-state index in [1.54, 1.807) is 0 Å². The van der Waals surface area contributed by atoms with E-state index in [2.05, 4.69) is 18.2 Å². The molecule has 0 aromatic heterocycles. The molecule has 1 N–H and O–H groups in total. The molecule has 1 heteroatoms. The predicted molar refractivity (Wildman–Crippen MR) is 79.2 cm³/mol. The number of aliphatic hydroxyl groups excluding tert-OH is 1. The smallest absolute Gasteiger partial charge is 0.0792 e. The van der Waals surface area contributed by atoms with Gasteiger partial charge in [0.15, 0.2) is 0 Å². The lowest BCUT2D eigenvalue weighted by molar-refractivity contribution is 0.131. The molecule has 0 amide bonds. The second-order valence-electron chi connectivity index (χ2n) is 6.49. The maximum absolute atomic E-state index is 10.5. The molecular formula is C18H26O. The quantitative estimate of drug-likeness (QED) is 0.842. The van der Waals surface area contributed by atoms with Crippen LogP contribution in [0.2, 0.25) is 0 Å². The molecule has 1 atom stereocenters. The van der Waals surface area contributed by atoms with Crippen LogP contribution in [0.4, 0.5) is 0 Å². The zero-order valence-electron chi connectivity index (χ0n) is 11.9. The fourth-order valence-electron chi connectivity index (χ4n) is 3.84. The van der Waals surface area contributed by atoms with Gasteiger partial charge in [0.25, 0.3) is 0 Å². The number of aryl methyl sites for hydroxylation is 2. The Kier molecular flexibility index (Phi) is 4.22. The van der Waals surface area contributed by atoms with Crippen molar-refractivity contribution >= 4 is 0 Å². The van der Waals surface area contributed by atoms with Crippen LogP contribution in [0.25, 0.3) is 0 Å². The van der Waals surface area contributed by atoms with Gasteiger partial charge < -0.3 is 5.11 Å². The summed E-state index contributed by atoms with van der Waals surface area (Å²) < 4.78 is 0. The lowest BCUT2D eigenvalue weighted by Gasteiger charge is -2.25. The number of hydrogen-bond donors (Lipinski definition) is 1. The van der Waals surface area contributed by atoms with Gasteiger partial charge in [0.2, 0.25) is 0 Å². The zero-order chi connectivity index (χ0) is 13.1. The van der Waals surface area contributed by atoms with E-state index in [9.17, 15) is 5.11 Å². The Morgan fingerprint density at radius 1 is 0.947 bits per heavy atom. The monoisotopic (exact) mass is 258 g/mol. The third kappa shape index (κ3) is 3.20. The average molecular weight is 258 g/mol. The molecule has 0 spiro atoms. The van der Waals surface area contributed by atoms with E-state index in [1.165, 1.54) is 68.9 Å². The van der Waals surface area contributed by atoms with E-state index < -0.39 is 0 Å². The number of hydrogen-bond acceptors (Lipinski definition) is 1. The molecule has 1 aromatic carbocycles. The van der Waals surface area contributed by atoms with Gasteiger partial charge in [0, 0.05) is 0 Å². The summed E-state index contributed by atoms with van der Waals surface area (Å²) in [4.78, 5) is 0. The van der Waals surface area contributed by atoms with Crippen molar-refractivity contribution in [2.24, 2.45) is 5.92 Å². The van der Waals surface area contributed by atoms with Crippen molar-refractivity contribution in [1.82, 2.24) is 0 Å². The first-order chi connectivity index (χ1) is 9.33. The molecular weight excluding hydrogens is 232 g/mol. The molecule has 1 saturated carbocycles. The number of aliphatic hydroxyl groups is 1. The highest BCUT2D eigenvalue weighted by Gasteiger charge is 2.19. The molecule has 2 aliphatic rings. The Morgan fingerprint density at radius 3 is 2.47 bits per heavy atom. The second kappa shape index (κ2) is 6.09. The van der Waals surface area contributed by atoms with Crippen LogP contribution in [0.1, 0.15) is 74.2 Å². The Labute approximate surface area is 117 Å². The van der Waals surface area contributed by atoms with Crippen molar-refractivity contribution < 1.29 is 5.11 Å². The summed E-state index contributed by atoms with van der Waals surface area (Å²) in [7, 11) is 0. The Bertz CT molecular complexity index is 418. The minimum absolute atomic E-state index is 0.240. The van der Waals surface area contributed by atoms with E-state index in [-0.39, 0.29) is 6.10 Å². The highest BCUT2D eigenvalue weighted by Crippen LogP contribution is 2.33. The molecule has 1 aromatic rings. The fourth-order valence-corrected chi connectivity index (χ4v) is 3.84. The maximum Gasteiger partial charge on any atom is 0.0792 e. The third-order valence-corrected chi connectivity index (χ3v) is 5.04. The van der Waals surface area contributed by atoms with Crippen LogP contribution in [0.3, 0.4) is 0 Å². The first-order valence-corrected chi connectivity index (χ1v) is 8.13. The lowest BCUT2D eigenvalue weighted by atomic mass is 9.83. The molecule has 3 rings (SSSR count). The van der Waals surface area contributed by atoms with Crippen molar-refractivity contribution in [2.75, 3.05) is 0 Å². The molecule has 2 aliphatic carbocycles. The van der Waals surface area contributed by atoms with Gasteiger partial charge in [-0.1, -0.05) is 50.3 Å². The molecule has 104 valence electrons. The highest BCUT2D eigenvalue weighted by atomic mass is 16.3. The van der Waals surface area contributed by atoms with E-state index in [1.807, 2.05) is 0 Å². The molecule has 19 heavy (non-hydrogen) atoms. The molecule has 1 unspecified atom stereocenters. The largest absolute Gasteiger partial charge is 0.388 e. The van der Waals surface area contributed by atoms with Crippen LogP contribution in [-0.2, 0) is 12.8 Å². The fraction of sp³-hybridized carbons (Fsp3) is 0.667. The third-order valence-electron chi connectivity index (χ3n) is 5.04. The van der Waals surface area contributed by atoms with Crippen LogP contribution < -0.4 is 0 Å². The highest BCUT2D eigenvalue weighted by molar-refractivity contribution is 5.34. The summed E-state index contributed by atoms with van der Waals surface area (Å²) in [6, 6.07) is 6.70.